The average molecular weight is 405 g/mol. The van der Waals surface area contributed by atoms with Crippen LogP contribution in [0.25, 0.3) is 5.69 Å². The molecule has 1 aliphatic heterocycles. The highest BCUT2D eigenvalue weighted by Crippen LogP contribution is 2.21. The fraction of sp³-hybridized carbons (Fsp3) is 0.273. The van der Waals surface area contributed by atoms with Gasteiger partial charge in [0.05, 0.1) is 16.3 Å². The van der Waals surface area contributed by atoms with E-state index in [1.807, 2.05) is 53.8 Å². The Morgan fingerprint density at radius 3 is 2.07 bits per heavy atom. The minimum atomic E-state index is -0.402. The molecule has 154 valence electrons. The molecule has 1 aromatic heterocycles. The second kappa shape index (κ2) is 7.98. The number of hydrogen-bond donors (Lipinski definition) is 0. The first-order chi connectivity index (χ1) is 14.4. The number of benzene rings is 2. The molecule has 8 nitrogen and oxygen atoms in total. The Balaban J connectivity index is 1.39. The summed E-state index contributed by atoms with van der Waals surface area (Å²) in [6.45, 7) is 6.55. The first kappa shape index (κ1) is 19.6. The molecule has 4 rings (SSSR count). The van der Waals surface area contributed by atoms with Crippen molar-refractivity contribution in [3.05, 3.63) is 81.7 Å². The highest BCUT2D eigenvalue weighted by Gasteiger charge is 2.22. The summed E-state index contributed by atoms with van der Waals surface area (Å²) in [6, 6.07) is 16.1. The SMILES string of the molecule is Cc1cc(C)n(-c2ccc(C(=O)N3CCN(c4ccc([N+](=O)[O-])cc4)CC3)cc2)n1. The van der Waals surface area contributed by atoms with Gasteiger partial charge in [0.2, 0.25) is 0 Å². The van der Waals surface area contributed by atoms with E-state index in [-0.39, 0.29) is 11.6 Å². The number of amides is 1. The lowest BCUT2D eigenvalue weighted by Gasteiger charge is -2.36. The van der Waals surface area contributed by atoms with E-state index in [0.717, 1.165) is 22.8 Å². The van der Waals surface area contributed by atoms with Crippen LogP contribution in [0.3, 0.4) is 0 Å². The summed E-state index contributed by atoms with van der Waals surface area (Å²) in [5.74, 6) is 0.0123. The molecule has 1 saturated heterocycles. The molecule has 1 aliphatic rings. The quantitative estimate of drug-likeness (QED) is 0.491. The molecule has 0 N–H and O–H groups in total. The zero-order valence-electron chi connectivity index (χ0n) is 17.0. The van der Waals surface area contributed by atoms with Crippen LogP contribution < -0.4 is 4.90 Å². The maximum atomic E-state index is 12.9. The van der Waals surface area contributed by atoms with Crippen molar-refractivity contribution in [2.24, 2.45) is 0 Å². The van der Waals surface area contributed by atoms with Crippen LogP contribution in [0.15, 0.2) is 54.6 Å². The third-order valence-electron chi connectivity index (χ3n) is 5.36. The maximum absolute atomic E-state index is 12.9. The van der Waals surface area contributed by atoms with Crippen molar-refractivity contribution >= 4 is 17.3 Å². The van der Waals surface area contributed by atoms with Crippen molar-refractivity contribution in [1.82, 2.24) is 14.7 Å². The molecule has 0 atom stereocenters. The van der Waals surface area contributed by atoms with Crippen LogP contribution in [0.5, 0.6) is 0 Å². The number of carbonyl (C=O) groups excluding carboxylic acids is 1. The van der Waals surface area contributed by atoms with E-state index in [2.05, 4.69) is 10.00 Å². The van der Waals surface area contributed by atoms with Crippen LogP contribution in [-0.4, -0.2) is 51.7 Å². The maximum Gasteiger partial charge on any atom is 0.269 e. The molecule has 8 heteroatoms. The Labute approximate surface area is 174 Å². The molecule has 3 aromatic rings. The Hall–Kier alpha value is -3.68. The van der Waals surface area contributed by atoms with E-state index < -0.39 is 4.92 Å². The van der Waals surface area contributed by atoms with E-state index in [1.165, 1.54) is 12.1 Å². The van der Waals surface area contributed by atoms with Gasteiger partial charge >= 0.3 is 0 Å². The molecule has 2 heterocycles. The van der Waals surface area contributed by atoms with Gasteiger partial charge in [0.15, 0.2) is 0 Å². The van der Waals surface area contributed by atoms with Crippen molar-refractivity contribution in [2.45, 2.75) is 13.8 Å². The number of nitro groups is 1. The smallest absolute Gasteiger partial charge is 0.269 e. The number of nitro benzene ring substituents is 1. The van der Waals surface area contributed by atoms with Crippen LogP contribution in [-0.2, 0) is 0 Å². The normalized spacial score (nSPS) is 14.1. The number of rotatable bonds is 4. The number of non-ortho nitro benzene ring substituents is 1. The molecule has 0 unspecified atom stereocenters. The number of nitrogens with zero attached hydrogens (tertiary/aromatic N) is 5. The summed E-state index contributed by atoms with van der Waals surface area (Å²) in [4.78, 5) is 27.3. The van der Waals surface area contributed by atoms with E-state index >= 15 is 0 Å². The molecule has 0 spiro atoms. The standard InChI is InChI=1S/C22H23N5O3/c1-16-15-17(2)26(23-16)20-5-3-18(4-6-20)22(28)25-13-11-24(12-14-25)19-7-9-21(10-8-19)27(29)30/h3-10,15H,11-14H2,1-2H3. The monoisotopic (exact) mass is 405 g/mol. The van der Waals surface area contributed by atoms with Gasteiger partial charge in [-0.1, -0.05) is 0 Å². The van der Waals surface area contributed by atoms with E-state index in [1.54, 1.807) is 12.1 Å². The Bertz CT molecular complexity index is 1070. The third-order valence-corrected chi connectivity index (χ3v) is 5.36. The summed E-state index contributed by atoms with van der Waals surface area (Å²) < 4.78 is 1.87. The molecule has 0 saturated carbocycles. The third kappa shape index (κ3) is 3.89. The predicted octanol–water partition coefficient (Wildman–Crippen LogP) is 3.36. The lowest BCUT2D eigenvalue weighted by molar-refractivity contribution is -0.384. The van der Waals surface area contributed by atoms with E-state index in [4.69, 9.17) is 0 Å². The molecular formula is C22H23N5O3. The molecule has 30 heavy (non-hydrogen) atoms. The van der Waals surface area contributed by atoms with Gasteiger partial charge in [-0.05, 0) is 56.3 Å². The molecule has 0 bridgehead atoms. The minimum Gasteiger partial charge on any atom is -0.368 e. The summed E-state index contributed by atoms with van der Waals surface area (Å²) in [7, 11) is 0. The molecule has 0 radical (unpaired) electrons. The van der Waals surface area contributed by atoms with Gasteiger partial charge in [0, 0.05) is 55.3 Å². The van der Waals surface area contributed by atoms with Crippen molar-refractivity contribution in [1.29, 1.82) is 0 Å². The lowest BCUT2D eigenvalue weighted by Crippen LogP contribution is -2.48. The fourth-order valence-corrected chi connectivity index (χ4v) is 3.77. The van der Waals surface area contributed by atoms with Crippen molar-refractivity contribution in [2.75, 3.05) is 31.1 Å². The highest BCUT2D eigenvalue weighted by atomic mass is 16.6. The number of aryl methyl sites for hydroxylation is 2. The fourth-order valence-electron chi connectivity index (χ4n) is 3.77. The minimum absolute atomic E-state index is 0.0123. The van der Waals surface area contributed by atoms with Crippen LogP contribution >= 0.6 is 0 Å². The summed E-state index contributed by atoms with van der Waals surface area (Å²) >= 11 is 0. The summed E-state index contributed by atoms with van der Waals surface area (Å²) in [5.41, 5.74) is 4.61. The first-order valence-electron chi connectivity index (χ1n) is 9.85. The zero-order chi connectivity index (χ0) is 21.3. The summed E-state index contributed by atoms with van der Waals surface area (Å²) in [6.07, 6.45) is 0. The average Bonchev–Trinajstić information content (AvgIpc) is 3.11. The molecule has 2 aromatic carbocycles. The van der Waals surface area contributed by atoms with Gasteiger partial charge in [-0.25, -0.2) is 4.68 Å². The molecule has 0 aliphatic carbocycles. The van der Waals surface area contributed by atoms with Gasteiger partial charge in [-0.3, -0.25) is 14.9 Å². The molecular weight excluding hydrogens is 382 g/mol. The zero-order valence-corrected chi connectivity index (χ0v) is 17.0. The van der Waals surface area contributed by atoms with Gasteiger partial charge in [0.1, 0.15) is 0 Å². The van der Waals surface area contributed by atoms with Gasteiger partial charge < -0.3 is 9.80 Å². The Kier molecular flexibility index (Phi) is 5.22. The van der Waals surface area contributed by atoms with E-state index in [0.29, 0.717) is 31.7 Å². The highest BCUT2D eigenvalue weighted by molar-refractivity contribution is 5.94. The van der Waals surface area contributed by atoms with Crippen LogP contribution in [0.4, 0.5) is 11.4 Å². The molecule has 1 amide bonds. The second-order valence-electron chi connectivity index (χ2n) is 7.44. The number of aromatic nitrogens is 2. The van der Waals surface area contributed by atoms with Crippen LogP contribution in [0, 0.1) is 24.0 Å². The number of carbonyl (C=O) groups is 1. The van der Waals surface area contributed by atoms with Crippen LogP contribution in [0.1, 0.15) is 21.7 Å². The number of anilines is 1. The van der Waals surface area contributed by atoms with Crippen molar-refractivity contribution in [3.8, 4) is 5.69 Å². The number of hydrogen-bond acceptors (Lipinski definition) is 5. The van der Waals surface area contributed by atoms with Crippen LogP contribution in [0.2, 0.25) is 0 Å². The second-order valence-corrected chi connectivity index (χ2v) is 7.44. The Morgan fingerprint density at radius 2 is 1.53 bits per heavy atom. The largest absolute Gasteiger partial charge is 0.368 e. The lowest BCUT2D eigenvalue weighted by atomic mass is 10.1. The van der Waals surface area contributed by atoms with Crippen molar-refractivity contribution in [3.63, 3.8) is 0 Å². The summed E-state index contributed by atoms with van der Waals surface area (Å²) in [5, 5.41) is 15.3. The molecule has 1 fully saturated rings. The van der Waals surface area contributed by atoms with E-state index in [9.17, 15) is 14.9 Å². The van der Waals surface area contributed by atoms with Gasteiger partial charge in [0.25, 0.3) is 11.6 Å². The van der Waals surface area contributed by atoms with Gasteiger partial charge in [-0.15, -0.1) is 0 Å². The van der Waals surface area contributed by atoms with Crippen molar-refractivity contribution < 1.29 is 9.72 Å². The topological polar surface area (TPSA) is 84.5 Å². The first-order valence-corrected chi connectivity index (χ1v) is 9.85. The Morgan fingerprint density at radius 1 is 0.933 bits per heavy atom. The predicted molar refractivity (Wildman–Crippen MR) is 114 cm³/mol. The van der Waals surface area contributed by atoms with Gasteiger partial charge in [-0.2, -0.15) is 5.10 Å². The number of piperazine rings is 1.